The van der Waals surface area contributed by atoms with Gasteiger partial charge in [-0.05, 0) is 36.2 Å². The lowest BCUT2D eigenvalue weighted by molar-refractivity contribution is 0.0526. The molecule has 144 valence electrons. The molecular formula is C24H21N3O2. The van der Waals surface area contributed by atoms with E-state index in [1.807, 2.05) is 53.3 Å². The van der Waals surface area contributed by atoms with Gasteiger partial charge in [-0.25, -0.2) is 4.79 Å². The monoisotopic (exact) mass is 383 g/mol. The highest BCUT2D eigenvalue weighted by Crippen LogP contribution is 2.26. The first-order valence-corrected chi connectivity index (χ1v) is 9.53. The van der Waals surface area contributed by atoms with E-state index in [4.69, 9.17) is 9.84 Å². The normalized spacial score (nSPS) is 10.7. The first-order valence-electron chi connectivity index (χ1n) is 9.53. The largest absolute Gasteiger partial charge is 0.462 e. The molecule has 0 spiro atoms. The smallest absolute Gasteiger partial charge is 0.339 e. The summed E-state index contributed by atoms with van der Waals surface area (Å²) in [6.07, 6.45) is 5.25. The van der Waals surface area contributed by atoms with Gasteiger partial charge in [0.05, 0.1) is 24.4 Å². The number of pyridine rings is 1. The lowest BCUT2D eigenvalue weighted by Crippen LogP contribution is -2.05. The van der Waals surface area contributed by atoms with Crippen LogP contribution in [0.4, 0.5) is 0 Å². The minimum Gasteiger partial charge on any atom is -0.462 e. The third-order valence-electron chi connectivity index (χ3n) is 4.57. The molecule has 0 aliphatic rings. The summed E-state index contributed by atoms with van der Waals surface area (Å²) in [5.41, 5.74) is 5.40. The molecule has 0 aliphatic heterocycles. The highest BCUT2D eigenvalue weighted by Gasteiger charge is 2.10. The van der Waals surface area contributed by atoms with Crippen molar-refractivity contribution in [2.24, 2.45) is 0 Å². The Morgan fingerprint density at radius 2 is 1.76 bits per heavy atom. The number of ether oxygens (including phenoxy) is 1. The minimum absolute atomic E-state index is 0.337. The Hall–Kier alpha value is -3.73. The zero-order valence-electron chi connectivity index (χ0n) is 16.2. The lowest BCUT2D eigenvalue weighted by atomic mass is 10.0. The molecule has 0 N–H and O–H groups in total. The average molecular weight is 383 g/mol. The molecule has 0 saturated heterocycles. The SMILES string of the molecule is CCOC(=O)c1cncc(-c2cccc(-c3ccn(Cc4ccccc4)n3)c2)c1. The predicted octanol–water partition coefficient (Wildman–Crippen LogP) is 4.84. The van der Waals surface area contributed by atoms with E-state index in [0.29, 0.717) is 12.2 Å². The van der Waals surface area contributed by atoms with Crippen LogP contribution in [-0.4, -0.2) is 27.3 Å². The van der Waals surface area contributed by atoms with Gasteiger partial charge in [-0.2, -0.15) is 5.10 Å². The van der Waals surface area contributed by atoms with Crippen molar-refractivity contribution < 1.29 is 9.53 Å². The molecule has 0 amide bonds. The maximum Gasteiger partial charge on any atom is 0.339 e. The molecule has 0 radical (unpaired) electrons. The van der Waals surface area contributed by atoms with E-state index in [0.717, 1.165) is 28.9 Å². The van der Waals surface area contributed by atoms with E-state index >= 15 is 0 Å². The summed E-state index contributed by atoms with van der Waals surface area (Å²) in [6.45, 7) is 2.85. The third-order valence-corrected chi connectivity index (χ3v) is 4.57. The van der Waals surface area contributed by atoms with E-state index in [9.17, 15) is 4.79 Å². The van der Waals surface area contributed by atoms with Gasteiger partial charge in [-0.15, -0.1) is 0 Å². The number of hydrogen-bond donors (Lipinski definition) is 0. The molecule has 0 atom stereocenters. The first kappa shape index (κ1) is 18.6. The van der Waals surface area contributed by atoms with Crippen molar-refractivity contribution in [1.29, 1.82) is 0 Å². The van der Waals surface area contributed by atoms with Gasteiger partial charge in [-0.1, -0.05) is 48.5 Å². The molecule has 4 aromatic rings. The molecule has 0 saturated carbocycles. The second-order valence-corrected chi connectivity index (χ2v) is 6.65. The van der Waals surface area contributed by atoms with Gasteiger partial charge in [0.1, 0.15) is 0 Å². The standard InChI is InChI=1S/C24H21N3O2/c1-2-29-24(28)22-14-21(15-25-16-22)19-9-6-10-20(13-19)23-11-12-27(26-23)17-18-7-4-3-5-8-18/h3-16H,2,17H2,1H3. The van der Waals surface area contributed by atoms with Crippen LogP contribution >= 0.6 is 0 Å². The summed E-state index contributed by atoms with van der Waals surface area (Å²) in [7, 11) is 0. The lowest BCUT2D eigenvalue weighted by Gasteiger charge is -2.06. The maximum atomic E-state index is 12.0. The summed E-state index contributed by atoms with van der Waals surface area (Å²) in [6, 6.07) is 22.1. The van der Waals surface area contributed by atoms with Crippen LogP contribution in [0.25, 0.3) is 22.4 Å². The number of esters is 1. The van der Waals surface area contributed by atoms with Crippen LogP contribution < -0.4 is 0 Å². The molecular weight excluding hydrogens is 362 g/mol. The summed E-state index contributed by atoms with van der Waals surface area (Å²) < 4.78 is 7.00. The van der Waals surface area contributed by atoms with Crippen LogP contribution in [0, 0.1) is 0 Å². The highest BCUT2D eigenvalue weighted by molar-refractivity contribution is 5.90. The quantitative estimate of drug-likeness (QED) is 0.447. The Labute approximate surface area is 169 Å². The zero-order chi connectivity index (χ0) is 20.1. The van der Waals surface area contributed by atoms with Gasteiger partial charge in [-0.3, -0.25) is 9.67 Å². The van der Waals surface area contributed by atoms with Gasteiger partial charge in [0.15, 0.2) is 0 Å². The van der Waals surface area contributed by atoms with Crippen molar-refractivity contribution in [2.45, 2.75) is 13.5 Å². The van der Waals surface area contributed by atoms with E-state index in [1.165, 1.54) is 11.8 Å². The fraction of sp³-hybridized carbons (Fsp3) is 0.125. The summed E-state index contributed by atoms with van der Waals surface area (Å²) in [5, 5.41) is 4.71. The fourth-order valence-electron chi connectivity index (χ4n) is 3.16. The third kappa shape index (κ3) is 4.41. The van der Waals surface area contributed by atoms with Crippen LogP contribution in [0.1, 0.15) is 22.8 Å². The van der Waals surface area contributed by atoms with Crippen LogP contribution in [-0.2, 0) is 11.3 Å². The zero-order valence-corrected chi connectivity index (χ0v) is 16.2. The van der Waals surface area contributed by atoms with Crippen LogP contribution in [0.3, 0.4) is 0 Å². The van der Waals surface area contributed by atoms with Crippen molar-refractivity contribution in [3.8, 4) is 22.4 Å². The average Bonchev–Trinajstić information content (AvgIpc) is 3.23. The molecule has 5 nitrogen and oxygen atoms in total. The van der Waals surface area contributed by atoms with Crippen molar-refractivity contribution in [3.05, 3.63) is 96.4 Å². The second-order valence-electron chi connectivity index (χ2n) is 6.65. The second kappa shape index (κ2) is 8.52. The Kier molecular flexibility index (Phi) is 5.47. The molecule has 0 bridgehead atoms. The highest BCUT2D eigenvalue weighted by atomic mass is 16.5. The number of carbonyl (C=O) groups excluding carboxylic acids is 1. The molecule has 2 aromatic heterocycles. The minimum atomic E-state index is -0.363. The van der Waals surface area contributed by atoms with Gasteiger partial charge in [0.2, 0.25) is 0 Å². The molecule has 2 heterocycles. The summed E-state index contributed by atoms with van der Waals surface area (Å²) >= 11 is 0. The van der Waals surface area contributed by atoms with E-state index in [1.54, 1.807) is 19.2 Å². The number of carbonyl (C=O) groups is 1. The molecule has 0 unspecified atom stereocenters. The van der Waals surface area contributed by atoms with E-state index in [2.05, 4.69) is 23.2 Å². The number of nitrogens with zero attached hydrogens (tertiary/aromatic N) is 3. The van der Waals surface area contributed by atoms with Crippen molar-refractivity contribution in [1.82, 2.24) is 14.8 Å². The number of hydrogen-bond acceptors (Lipinski definition) is 4. The van der Waals surface area contributed by atoms with Crippen molar-refractivity contribution >= 4 is 5.97 Å². The molecule has 29 heavy (non-hydrogen) atoms. The molecule has 4 rings (SSSR count). The van der Waals surface area contributed by atoms with Crippen molar-refractivity contribution in [2.75, 3.05) is 6.61 Å². The first-order chi connectivity index (χ1) is 14.2. The van der Waals surface area contributed by atoms with Gasteiger partial charge < -0.3 is 4.74 Å². The molecule has 0 fully saturated rings. The van der Waals surface area contributed by atoms with E-state index in [-0.39, 0.29) is 5.97 Å². The fourth-order valence-corrected chi connectivity index (χ4v) is 3.16. The van der Waals surface area contributed by atoms with E-state index < -0.39 is 0 Å². The predicted molar refractivity (Wildman–Crippen MR) is 112 cm³/mol. The Bertz CT molecular complexity index is 1120. The van der Waals surface area contributed by atoms with Gasteiger partial charge >= 0.3 is 5.97 Å². The molecule has 0 aliphatic carbocycles. The van der Waals surface area contributed by atoms with Crippen LogP contribution in [0.2, 0.25) is 0 Å². The Morgan fingerprint density at radius 1 is 0.931 bits per heavy atom. The number of benzene rings is 2. The Morgan fingerprint density at radius 3 is 2.59 bits per heavy atom. The van der Waals surface area contributed by atoms with Crippen LogP contribution in [0.5, 0.6) is 0 Å². The summed E-state index contributed by atoms with van der Waals surface area (Å²) in [5.74, 6) is -0.363. The van der Waals surface area contributed by atoms with Crippen molar-refractivity contribution in [3.63, 3.8) is 0 Å². The number of rotatable bonds is 6. The molecule has 5 heteroatoms. The Balaban J connectivity index is 1.58. The van der Waals surface area contributed by atoms with Crippen LogP contribution in [0.15, 0.2) is 85.3 Å². The topological polar surface area (TPSA) is 57.0 Å². The van der Waals surface area contributed by atoms with Gasteiger partial charge in [0, 0.05) is 29.7 Å². The number of aromatic nitrogens is 3. The van der Waals surface area contributed by atoms with Gasteiger partial charge in [0.25, 0.3) is 0 Å². The molecule has 2 aromatic carbocycles. The summed E-state index contributed by atoms with van der Waals surface area (Å²) in [4.78, 5) is 16.2. The maximum absolute atomic E-state index is 12.0.